The zero-order chi connectivity index (χ0) is 13.2. The molecule has 1 rings (SSSR count). The lowest BCUT2D eigenvalue weighted by atomic mass is 10.4. The van der Waals surface area contributed by atoms with E-state index in [0.717, 1.165) is 4.31 Å². The second-order valence-corrected chi connectivity index (χ2v) is 5.70. The lowest BCUT2D eigenvalue weighted by Gasteiger charge is -2.15. The molecule has 96 valence electrons. The van der Waals surface area contributed by atoms with Gasteiger partial charge in [-0.15, -0.1) is 0 Å². The van der Waals surface area contributed by atoms with Crippen LogP contribution in [0.4, 0.5) is 0 Å². The maximum Gasteiger partial charge on any atom is 0.304 e. The number of aromatic nitrogens is 2. The molecule has 0 spiro atoms. The number of aliphatic carboxylic acids is 1. The largest absolute Gasteiger partial charge is 0.481 e. The number of carboxylic acid groups (broad SMARTS) is 1. The molecule has 0 radical (unpaired) electrons. The highest BCUT2D eigenvalue weighted by Crippen LogP contribution is 2.17. The Bertz CT molecular complexity index is 520. The summed E-state index contributed by atoms with van der Waals surface area (Å²) in [6, 6.07) is 0. The molecule has 0 fully saturated rings. The SMILES string of the molecule is Cc1c(S(=O)(=O)N(C)CCC(=O)O)cnn1C. The zero-order valence-corrected chi connectivity index (χ0v) is 10.7. The van der Waals surface area contributed by atoms with E-state index in [1.165, 1.54) is 17.9 Å². The monoisotopic (exact) mass is 261 g/mol. The molecule has 1 aromatic rings. The van der Waals surface area contributed by atoms with Crippen LogP contribution in [0.3, 0.4) is 0 Å². The smallest absolute Gasteiger partial charge is 0.304 e. The molecule has 1 aromatic heterocycles. The highest BCUT2D eigenvalue weighted by Gasteiger charge is 2.25. The van der Waals surface area contributed by atoms with Gasteiger partial charge in [-0.3, -0.25) is 9.48 Å². The molecule has 0 atom stereocenters. The Labute approximate surface area is 99.7 Å². The van der Waals surface area contributed by atoms with Crippen molar-refractivity contribution in [1.82, 2.24) is 14.1 Å². The number of sulfonamides is 1. The molecule has 0 aliphatic heterocycles. The van der Waals surface area contributed by atoms with E-state index in [1.807, 2.05) is 0 Å². The molecule has 17 heavy (non-hydrogen) atoms. The van der Waals surface area contributed by atoms with Crippen LogP contribution in [-0.4, -0.2) is 47.2 Å². The third-order valence-electron chi connectivity index (χ3n) is 2.52. The summed E-state index contributed by atoms with van der Waals surface area (Å²) in [6.07, 6.45) is 1.04. The van der Waals surface area contributed by atoms with Crippen molar-refractivity contribution in [2.45, 2.75) is 18.2 Å². The number of nitrogens with zero attached hydrogens (tertiary/aromatic N) is 3. The van der Waals surface area contributed by atoms with Crippen molar-refractivity contribution >= 4 is 16.0 Å². The van der Waals surface area contributed by atoms with Crippen LogP contribution in [0.15, 0.2) is 11.1 Å². The van der Waals surface area contributed by atoms with E-state index in [9.17, 15) is 13.2 Å². The molecular weight excluding hydrogens is 246 g/mol. The fourth-order valence-electron chi connectivity index (χ4n) is 1.27. The first-order valence-corrected chi connectivity index (χ1v) is 6.37. The van der Waals surface area contributed by atoms with Crippen LogP contribution in [0.5, 0.6) is 0 Å². The summed E-state index contributed by atoms with van der Waals surface area (Å²) in [5.74, 6) is -1.03. The van der Waals surface area contributed by atoms with Crippen LogP contribution in [-0.2, 0) is 21.9 Å². The molecule has 8 heteroatoms. The van der Waals surface area contributed by atoms with Gasteiger partial charge in [0.05, 0.1) is 18.3 Å². The number of carbonyl (C=O) groups is 1. The summed E-state index contributed by atoms with van der Waals surface area (Å²) in [5.41, 5.74) is 0.521. The topological polar surface area (TPSA) is 92.5 Å². The van der Waals surface area contributed by atoms with Crippen LogP contribution in [0.2, 0.25) is 0 Å². The summed E-state index contributed by atoms with van der Waals surface area (Å²) in [4.78, 5) is 10.5. The minimum absolute atomic E-state index is 0.0635. The number of carboxylic acids is 1. The van der Waals surface area contributed by atoms with Gasteiger partial charge in [0.1, 0.15) is 4.90 Å². The number of hydrogen-bond acceptors (Lipinski definition) is 4. The van der Waals surface area contributed by atoms with Gasteiger partial charge in [0.15, 0.2) is 0 Å². The Hall–Kier alpha value is -1.41. The molecular formula is C9H15N3O4S. The summed E-state index contributed by atoms with van der Waals surface area (Å²) < 4.78 is 26.6. The highest BCUT2D eigenvalue weighted by molar-refractivity contribution is 7.89. The Morgan fingerprint density at radius 2 is 2.18 bits per heavy atom. The average molecular weight is 261 g/mol. The molecule has 0 aliphatic carbocycles. The van der Waals surface area contributed by atoms with Gasteiger partial charge in [0.25, 0.3) is 0 Å². The molecule has 0 unspecified atom stereocenters. The third-order valence-corrected chi connectivity index (χ3v) is 4.48. The normalized spacial score (nSPS) is 12.0. The van der Waals surface area contributed by atoms with Crippen molar-refractivity contribution in [3.05, 3.63) is 11.9 Å². The van der Waals surface area contributed by atoms with Crippen molar-refractivity contribution in [3.63, 3.8) is 0 Å². The Balaban J connectivity index is 2.95. The van der Waals surface area contributed by atoms with Crippen LogP contribution >= 0.6 is 0 Å². The molecule has 0 aliphatic rings. The van der Waals surface area contributed by atoms with Gasteiger partial charge in [-0.1, -0.05) is 0 Å². The minimum Gasteiger partial charge on any atom is -0.481 e. The molecule has 0 saturated carbocycles. The van der Waals surface area contributed by atoms with Crippen molar-refractivity contribution < 1.29 is 18.3 Å². The molecule has 7 nitrogen and oxygen atoms in total. The van der Waals surface area contributed by atoms with Gasteiger partial charge in [-0.2, -0.15) is 5.10 Å². The average Bonchev–Trinajstić information content (AvgIpc) is 2.56. The van der Waals surface area contributed by atoms with Crippen molar-refractivity contribution in [2.24, 2.45) is 7.05 Å². The van der Waals surface area contributed by atoms with Gasteiger partial charge in [0, 0.05) is 20.6 Å². The van der Waals surface area contributed by atoms with E-state index in [1.54, 1.807) is 14.0 Å². The molecule has 0 bridgehead atoms. The first-order valence-electron chi connectivity index (χ1n) is 4.93. The standard InChI is InChI=1S/C9H15N3O4S/c1-7-8(6-10-12(7)3)17(15,16)11(2)5-4-9(13)14/h6H,4-5H2,1-3H3,(H,13,14). The second-order valence-electron chi connectivity index (χ2n) is 3.69. The predicted octanol–water partition coefficient (Wildman–Crippen LogP) is -0.176. The van der Waals surface area contributed by atoms with Crippen LogP contribution in [0, 0.1) is 6.92 Å². The fourth-order valence-corrected chi connectivity index (χ4v) is 2.63. The van der Waals surface area contributed by atoms with E-state index in [0.29, 0.717) is 5.69 Å². The van der Waals surface area contributed by atoms with Gasteiger partial charge >= 0.3 is 5.97 Å². The Kier molecular flexibility index (Phi) is 3.89. The Morgan fingerprint density at radius 3 is 2.59 bits per heavy atom. The molecule has 0 aromatic carbocycles. The molecule has 0 amide bonds. The maximum absolute atomic E-state index is 12.1. The van der Waals surface area contributed by atoms with E-state index in [-0.39, 0.29) is 17.9 Å². The predicted molar refractivity (Wildman–Crippen MR) is 60.0 cm³/mol. The minimum atomic E-state index is -3.66. The number of aryl methyl sites for hydroxylation is 1. The summed E-state index contributed by atoms with van der Waals surface area (Å²) >= 11 is 0. The van der Waals surface area contributed by atoms with Gasteiger partial charge < -0.3 is 5.11 Å². The van der Waals surface area contributed by atoms with Gasteiger partial charge in [0.2, 0.25) is 10.0 Å². The van der Waals surface area contributed by atoms with Gasteiger partial charge in [-0.05, 0) is 6.92 Å². The lowest BCUT2D eigenvalue weighted by Crippen LogP contribution is -2.29. The van der Waals surface area contributed by atoms with E-state index < -0.39 is 16.0 Å². The maximum atomic E-state index is 12.1. The molecule has 1 N–H and O–H groups in total. The van der Waals surface area contributed by atoms with Gasteiger partial charge in [-0.25, -0.2) is 12.7 Å². The first kappa shape index (κ1) is 13.7. The zero-order valence-electron chi connectivity index (χ0n) is 9.91. The van der Waals surface area contributed by atoms with Crippen molar-refractivity contribution in [2.75, 3.05) is 13.6 Å². The van der Waals surface area contributed by atoms with E-state index >= 15 is 0 Å². The third kappa shape index (κ3) is 2.83. The summed E-state index contributed by atoms with van der Waals surface area (Å²) in [7, 11) is -0.661. The lowest BCUT2D eigenvalue weighted by molar-refractivity contribution is -0.137. The molecule has 1 heterocycles. The van der Waals surface area contributed by atoms with Crippen LogP contribution in [0.25, 0.3) is 0 Å². The van der Waals surface area contributed by atoms with Crippen molar-refractivity contribution in [3.8, 4) is 0 Å². The first-order chi connectivity index (χ1) is 7.76. The van der Waals surface area contributed by atoms with E-state index in [4.69, 9.17) is 5.11 Å². The van der Waals surface area contributed by atoms with Crippen LogP contribution in [0.1, 0.15) is 12.1 Å². The summed E-state index contributed by atoms with van der Waals surface area (Å²) in [6.45, 7) is 1.58. The Morgan fingerprint density at radius 1 is 1.59 bits per heavy atom. The summed E-state index contributed by atoms with van der Waals surface area (Å²) in [5, 5.41) is 12.4. The molecule has 0 saturated heterocycles. The highest BCUT2D eigenvalue weighted by atomic mass is 32.2. The quantitative estimate of drug-likeness (QED) is 0.794. The fraction of sp³-hybridized carbons (Fsp3) is 0.556. The number of rotatable bonds is 5. The number of hydrogen-bond donors (Lipinski definition) is 1. The van der Waals surface area contributed by atoms with Crippen LogP contribution < -0.4 is 0 Å². The van der Waals surface area contributed by atoms with Crippen molar-refractivity contribution in [1.29, 1.82) is 0 Å². The van der Waals surface area contributed by atoms with E-state index in [2.05, 4.69) is 5.10 Å². The second kappa shape index (κ2) is 4.84.